The highest BCUT2D eigenvalue weighted by atomic mass is 32.2. The van der Waals surface area contributed by atoms with E-state index in [0.29, 0.717) is 0 Å². The molecule has 6 nitrogen and oxygen atoms in total. The summed E-state index contributed by atoms with van der Waals surface area (Å²) < 4.78 is 1.93. The van der Waals surface area contributed by atoms with E-state index in [0.717, 1.165) is 30.1 Å². The van der Waals surface area contributed by atoms with Crippen LogP contribution in [0.2, 0.25) is 0 Å². The van der Waals surface area contributed by atoms with Gasteiger partial charge in [0.2, 0.25) is 0 Å². The molecule has 0 saturated carbocycles. The van der Waals surface area contributed by atoms with Crippen LogP contribution in [0.4, 0.5) is 4.79 Å². The Balaban J connectivity index is 1.72. The van der Waals surface area contributed by atoms with Crippen LogP contribution in [0.25, 0.3) is 5.65 Å². The van der Waals surface area contributed by atoms with Gasteiger partial charge in [0.15, 0.2) is 11.5 Å². The average molecular weight is 333 g/mol. The Hall–Kier alpha value is -1.76. The first-order valence-corrected chi connectivity index (χ1v) is 9.25. The Morgan fingerprint density at radius 2 is 2.26 bits per heavy atom. The van der Waals surface area contributed by atoms with Gasteiger partial charge < -0.3 is 10.6 Å². The summed E-state index contributed by atoms with van der Waals surface area (Å²) in [5.41, 5.74) is 0.791. The lowest BCUT2D eigenvalue weighted by molar-refractivity contribution is 0.228. The molecule has 0 unspecified atom stereocenters. The van der Waals surface area contributed by atoms with E-state index < -0.39 is 0 Å². The molecule has 2 N–H and O–H groups in total. The molecule has 124 valence electrons. The Kier molecular flexibility index (Phi) is 5.05. The van der Waals surface area contributed by atoms with Gasteiger partial charge in [-0.25, -0.2) is 4.79 Å². The number of pyridine rings is 1. The summed E-state index contributed by atoms with van der Waals surface area (Å²) in [5, 5.41) is 14.6. The van der Waals surface area contributed by atoms with Crippen LogP contribution in [-0.2, 0) is 0 Å². The van der Waals surface area contributed by atoms with Gasteiger partial charge in [0.1, 0.15) is 0 Å². The molecule has 1 aliphatic rings. The van der Waals surface area contributed by atoms with E-state index in [-0.39, 0.29) is 24.0 Å². The van der Waals surface area contributed by atoms with Crippen molar-refractivity contribution in [2.75, 3.05) is 11.5 Å². The Labute approximate surface area is 140 Å². The number of carbonyl (C=O) groups is 1. The van der Waals surface area contributed by atoms with Crippen molar-refractivity contribution in [1.29, 1.82) is 0 Å². The summed E-state index contributed by atoms with van der Waals surface area (Å²) in [6, 6.07) is 5.74. The third-order valence-corrected chi connectivity index (χ3v) is 5.28. The van der Waals surface area contributed by atoms with Crippen molar-refractivity contribution < 1.29 is 4.79 Å². The number of rotatable bonds is 4. The number of thioether (sulfide) groups is 1. The van der Waals surface area contributed by atoms with Crippen molar-refractivity contribution in [1.82, 2.24) is 25.2 Å². The molecular formula is C16H23N5OS. The summed E-state index contributed by atoms with van der Waals surface area (Å²) in [7, 11) is 0. The normalized spacial score (nSPS) is 19.7. The third-order valence-electron chi connectivity index (χ3n) is 4.07. The van der Waals surface area contributed by atoms with Crippen LogP contribution in [0.3, 0.4) is 0 Å². The molecule has 7 heteroatoms. The number of aromatic nitrogens is 3. The molecule has 2 aromatic rings. The Morgan fingerprint density at radius 3 is 3.00 bits per heavy atom. The van der Waals surface area contributed by atoms with Crippen LogP contribution in [0.1, 0.15) is 38.6 Å². The number of nitrogens with zero attached hydrogens (tertiary/aromatic N) is 3. The highest BCUT2D eigenvalue weighted by molar-refractivity contribution is 7.99. The van der Waals surface area contributed by atoms with Gasteiger partial charge in [-0.15, -0.1) is 10.2 Å². The first-order chi connectivity index (χ1) is 11.1. The average Bonchev–Trinajstić information content (AvgIpc) is 2.97. The summed E-state index contributed by atoms with van der Waals surface area (Å²) >= 11 is 1.90. The standard InChI is InChI=1S/C16H23N5OS/c1-11(2)14(15-20-19-13-7-3-4-8-21(13)15)18-16(22)17-12-6-5-9-23-10-12/h3-4,7-8,11-12,14H,5-6,9-10H2,1-2H3,(H2,17,18,22)/t12-,14-/m1/s1. The van der Waals surface area contributed by atoms with Crippen LogP contribution >= 0.6 is 11.8 Å². The maximum atomic E-state index is 12.4. The van der Waals surface area contributed by atoms with Crippen molar-refractivity contribution in [3.05, 3.63) is 30.2 Å². The van der Waals surface area contributed by atoms with E-state index in [9.17, 15) is 4.79 Å². The second-order valence-electron chi connectivity index (χ2n) is 6.24. The van der Waals surface area contributed by atoms with Gasteiger partial charge in [-0.05, 0) is 36.6 Å². The maximum Gasteiger partial charge on any atom is 0.315 e. The van der Waals surface area contributed by atoms with E-state index in [1.54, 1.807) is 0 Å². The third kappa shape index (κ3) is 3.77. The Bertz CT molecular complexity index is 665. The smallest absolute Gasteiger partial charge is 0.315 e. The zero-order valence-electron chi connectivity index (χ0n) is 13.5. The van der Waals surface area contributed by atoms with E-state index in [1.165, 1.54) is 5.75 Å². The van der Waals surface area contributed by atoms with E-state index >= 15 is 0 Å². The number of nitrogens with one attached hydrogen (secondary N) is 2. The monoisotopic (exact) mass is 333 g/mol. The van der Waals surface area contributed by atoms with Gasteiger partial charge in [0, 0.05) is 18.0 Å². The van der Waals surface area contributed by atoms with Crippen molar-refractivity contribution in [2.24, 2.45) is 5.92 Å². The van der Waals surface area contributed by atoms with Gasteiger partial charge >= 0.3 is 6.03 Å². The van der Waals surface area contributed by atoms with Crippen molar-refractivity contribution in [2.45, 2.75) is 38.8 Å². The van der Waals surface area contributed by atoms with Crippen LogP contribution in [0.15, 0.2) is 24.4 Å². The predicted octanol–water partition coefficient (Wildman–Crippen LogP) is 2.62. The lowest BCUT2D eigenvalue weighted by Gasteiger charge is -2.25. The number of urea groups is 1. The molecule has 1 fully saturated rings. The van der Waals surface area contributed by atoms with Gasteiger partial charge in [-0.2, -0.15) is 11.8 Å². The van der Waals surface area contributed by atoms with Crippen LogP contribution in [-0.4, -0.2) is 38.2 Å². The number of hydrogen-bond donors (Lipinski definition) is 2. The fourth-order valence-electron chi connectivity index (χ4n) is 2.82. The molecule has 0 aromatic carbocycles. The molecule has 0 aliphatic carbocycles. The lowest BCUT2D eigenvalue weighted by Crippen LogP contribution is -2.46. The van der Waals surface area contributed by atoms with Crippen LogP contribution in [0.5, 0.6) is 0 Å². The predicted molar refractivity (Wildman–Crippen MR) is 92.6 cm³/mol. The molecule has 0 bridgehead atoms. The van der Waals surface area contributed by atoms with Crippen molar-refractivity contribution >= 4 is 23.4 Å². The summed E-state index contributed by atoms with van der Waals surface area (Å²) in [6.07, 6.45) is 4.15. The van der Waals surface area contributed by atoms with Crippen molar-refractivity contribution in [3.63, 3.8) is 0 Å². The zero-order valence-corrected chi connectivity index (χ0v) is 14.3. The minimum atomic E-state index is -0.177. The SMILES string of the molecule is CC(C)[C@@H](NC(=O)N[C@@H]1CCCSC1)c1nnc2ccccn12. The molecule has 3 rings (SSSR count). The molecule has 23 heavy (non-hydrogen) atoms. The fraction of sp³-hybridized carbons (Fsp3) is 0.562. The largest absolute Gasteiger partial charge is 0.335 e. The summed E-state index contributed by atoms with van der Waals surface area (Å²) in [5.74, 6) is 3.17. The topological polar surface area (TPSA) is 71.3 Å². The van der Waals surface area contributed by atoms with Gasteiger partial charge in [0.25, 0.3) is 0 Å². The molecule has 0 radical (unpaired) electrons. The molecule has 1 saturated heterocycles. The van der Waals surface area contributed by atoms with E-state index in [1.807, 2.05) is 40.6 Å². The lowest BCUT2D eigenvalue weighted by atomic mass is 10.0. The Morgan fingerprint density at radius 1 is 1.39 bits per heavy atom. The fourth-order valence-corrected chi connectivity index (χ4v) is 3.90. The summed E-state index contributed by atoms with van der Waals surface area (Å²) in [6.45, 7) is 4.15. The van der Waals surface area contributed by atoms with E-state index in [4.69, 9.17) is 0 Å². The van der Waals surface area contributed by atoms with E-state index in [2.05, 4.69) is 34.7 Å². The molecule has 3 heterocycles. The second-order valence-corrected chi connectivity index (χ2v) is 7.39. The van der Waals surface area contributed by atoms with Crippen LogP contribution in [0, 0.1) is 5.92 Å². The first-order valence-electron chi connectivity index (χ1n) is 8.09. The maximum absolute atomic E-state index is 12.4. The zero-order chi connectivity index (χ0) is 16.2. The van der Waals surface area contributed by atoms with Crippen LogP contribution < -0.4 is 10.6 Å². The minimum absolute atomic E-state index is 0.121. The molecule has 0 spiro atoms. The molecular weight excluding hydrogens is 310 g/mol. The first kappa shape index (κ1) is 16.1. The highest BCUT2D eigenvalue weighted by Gasteiger charge is 2.25. The summed E-state index contributed by atoms with van der Waals surface area (Å²) in [4.78, 5) is 12.4. The van der Waals surface area contributed by atoms with Gasteiger partial charge in [0.05, 0.1) is 6.04 Å². The quantitative estimate of drug-likeness (QED) is 0.902. The minimum Gasteiger partial charge on any atom is -0.335 e. The van der Waals surface area contributed by atoms with Gasteiger partial charge in [-0.1, -0.05) is 19.9 Å². The number of hydrogen-bond acceptors (Lipinski definition) is 4. The second kappa shape index (κ2) is 7.21. The number of carbonyl (C=O) groups excluding carboxylic acids is 1. The molecule has 2 atom stereocenters. The number of amides is 2. The highest BCUT2D eigenvalue weighted by Crippen LogP contribution is 2.21. The number of fused-ring (bicyclic) bond motifs is 1. The van der Waals surface area contributed by atoms with Crippen molar-refractivity contribution in [3.8, 4) is 0 Å². The molecule has 1 aliphatic heterocycles. The molecule has 2 amide bonds. The van der Waals surface area contributed by atoms with Gasteiger partial charge in [-0.3, -0.25) is 4.40 Å². The molecule has 2 aromatic heterocycles.